The third kappa shape index (κ3) is 2.48. The Bertz CT molecular complexity index is 157. The molecule has 3 heteroatoms. The average Bonchev–Trinajstić information content (AvgIpc) is 2.07. The lowest BCUT2D eigenvalue weighted by Crippen LogP contribution is -2.56. The third-order valence-electron chi connectivity index (χ3n) is 2.32. The molecule has 0 aromatic carbocycles. The van der Waals surface area contributed by atoms with Gasteiger partial charge >= 0.3 is 0 Å². The summed E-state index contributed by atoms with van der Waals surface area (Å²) in [5.74, 6) is 0.141. The largest absolute Gasteiger partial charge is 0.351 e. The highest BCUT2D eigenvalue weighted by molar-refractivity contribution is 5.82. The zero-order valence-electron chi connectivity index (χ0n) is 7.89. The molecule has 2 N–H and O–H groups in total. The quantitative estimate of drug-likeness (QED) is 0.653. The van der Waals surface area contributed by atoms with Crippen molar-refractivity contribution >= 4 is 5.91 Å². The molecule has 0 spiro atoms. The van der Waals surface area contributed by atoms with Crippen molar-refractivity contribution in [2.24, 2.45) is 0 Å². The number of hydrogen-bond acceptors (Lipinski definition) is 2. The zero-order valence-corrected chi connectivity index (χ0v) is 7.89. The van der Waals surface area contributed by atoms with Gasteiger partial charge in [0.1, 0.15) is 0 Å². The lowest BCUT2D eigenvalue weighted by Gasteiger charge is -2.28. The van der Waals surface area contributed by atoms with Gasteiger partial charge in [-0.05, 0) is 13.3 Å². The van der Waals surface area contributed by atoms with Crippen molar-refractivity contribution in [3.8, 4) is 0 Å². The number of carbonyl (C=O) groups excluding carboxylic acids is 1. The van der Waals surface area contributed by atoms with E-state index in [9.17, 15) is 4.79 Å². The van der Waals surface area contributed by atoms with Crippen LogP contribution in [0.25, 0.3) is 0 Å². The first-order valence-electron chi connectivity index (χ1n) is 4.77. The van der Waals surface area contributed by atoms with Gasteiger partial charge < -0.3 is 10.6 Å². The molecule has 0 bridgehead atoms. The second kappa shape index (κ2) is 4.45. The molecule has 0 aromatic heterocycles. The summed E-state index contributed by atoms with van der Waals surface area (Å²) in [4.78, 5) is 11.2. The topological polar surface area (TPSA) is 41.1 Å². The van der Waals surface area contributed by atoms with E-state index in [0.717, 1.165) is 13.0 Å². The van der Waals surface area contributed by atoms with Crippen LogP contribution < -0.4 is 10.6 Å². The molecule has 1 aliphatic heterocycles. The van der Waals surface area contributed by atoms with Crippen LogP contribution in [0.3, 0.4) is 0 Å². The predicted octanol–water partition coefficient (Wildman–Crippen LogP) is 0.653. The van der Waals surface area contributed by atoms with Gasteiger partial charge in [0.15, 0.2) is 0 Å². The van der Waals surface area contributed by atoms with E-state index >= 15 is 0 Å². The maximum absolute atomic E-state index is 11.2. The van der Waals surface area contributed by atoms with Crippen LogP contribution in [-0.2, 0) is 4.79 Å². The molecule has 0 radical (unpaired) electrons. The summed E-state index contributed by atoms with van der Waals surface area (Å²) >= 11 is 0. The lowest BCUT2D eigenvalue weighted by molar-refractivity contribution is -0.125. The van der Waals surface area contributed by atoms with Crippen LogP contribution in [0.1, 0.15) is 33.1 Å². The molecule has 1 fully saturated rings. The van der Waals surface area contributed by atoms with Crippen LogP contribution in [0, 0.1) is 0 Å². The van der Waals surface area contributed by atoms with Gasteiger partial charge in [0.2, 0.25) is 5.91 Å². The summed E-state index contributed by atoms with van der Waals surface area (Å²) in [5, 5.41) is 6.18. The summed E-state index contributed by atoms with van der Waals surface area (Å²) in [5.41, 5.74) is 0. The minimum atomic E-state index is -0.0112. The van der Waals surface area contributed by atoms with Gasteiger partial charge in [-0.2, -0.15) is 0 Å². The first-order chi connectivity index (χ1) is 5.74. The molecule has 1 amide bonds. The van der Waals surface area contributed by atoms with E-state index in [0.29, 0.717) is 6.04 Å². The second-order valence-corrected chi connectivity index (χ2v) is 3.48. The highest BCUT2D eigenvalue weighted by Crippen LogP contribution is 2.03. The maximum Gasteiger partial charge on any atom is 0.237 e. The number of unbranched alkanes of at least 4 members (excludes halogenated alkanes) is 1. The highest BCUT2D eigenvalue weighted by Gasteiger charge is 2.22. The number of hydrogen-bond donors (Lipinski definition) is 2. The minimum Gasteiger partial charge on any atom is -0.351 e. The summed E-state index contributed by atoms with van der Waals surface area (Å²) in [6.07, 6.45) is 3.49. The van der Waals surface area contributed by atoms with E-state index in [1.54, 1.807) is 0 Å². The normalized spacial score (nSPS) is 30.0. The fourth-order valence-corrected chi connectivity index (χ4v) is 1.41. The van der Waals surface area contributed by atoms with Crippen molar-refractivity contribution in [2.75, 3.05) is 6.54 Å². The smallest absolute Gasteiger partial charge is 0.237 e. The first-order valence-corrected chi connectivity index (χ1v) is 4.77. The van der Waals surface area contributed by atoms with E-state index < -0.39 is 0 Å². The van der Waals surface area contributed by atoms with Gasteiger partial charge in [-0.15, -0.1) is 0 Å². The Morgan fingerprint density at radius 3 is 2.92 bits per heavy atom. The highest BCUT2D eigenvalue weighted by atomic mass is 16.2. The van der Waals surface area contributed by atoms with Crippen molar-refractivity contribution < 1.29 is 4.79 Å². The Balaban J connectivity index is 2.25. The summed E-state index contributed by atoms with van der Waals surface area (Å²) in [7, 11) is 0. The summed E-state index contributed by atoms with van der Waals surface area (Å²) < 4.78 is 0. The van der Waals surface area contributed by atoms with Crippen LogP contribution in [0.5, 0.6) is 0 Å². The number of nitrogens with one attached hydrogen (secondary N) is 2. The Labute approximate surface area is 73.9 Å². The van der Waals surface area contributed by atoms with Gasteiger partial charge in [-0.25, -0.2) is 0 Å². The van der Waals surface area contributed by atoms with E-state index in [2.05, 4.69) is 17.6 Å². The van der Waals surface area contributed by atoms with E-state index in [1.807, 2.05) is 6.92 Å². The Hall–Kier alpha value is -0.570. The lowest BCUT2D eigenvalue weighted by atomic mass is 10.1. The van der Waals surface area contributed by atoms with Gasteiger partial charge in [-0.3, -0.25) is 4.79 Å². The maximum atomic E-state index is 11.2. The average molecular weight is 170 g/mol. The predicted molar refractivity (Wildman–Crippen MR) is 48.9 cm³/mol. The first kappa shape index (κ1) is 9.52. The molecule has 3 nitrogen and oxygen atoms in total. The van der Waals surface area contributed by atoms with Crippen LogP contribution in [0.2, 0.25) is 0 Å². The second-order valence-electron chi connectivity index (χ2n) is 3.48. The van der Waals surface area contributed by atoms with Crippen LogP contribution >= 0.6 is 0 Å². The van der Waals surface area contributed by atoms with Crippen molar-refractivity contribution in [1.29, 1.82) is 0 Å². The third-order valence-corrected chi connectivity index (χ3v) is 2.32. The van der Waals surface area contributed by atoms with Crippen LogP contribution in [0.15, 0.2) is 0 Å². The molecule has 1 saturated heterocycles. The van der Waals surface area contributed by atoms with Crippen LogP contribution in [-0.4, -0.2) is 24.5 Å². The Morgan fingerprint density at radius 1 is 1.58 bits per heavy atom. The summed E-state index contributed by atoms with van der Waals surface area (Å²) in [6, 6.07) is 0.344. The van der Waals surface area contributed by atoms with Crippen LogP contribution in [0.4, 0.5) is 0 Å². The summed E-state index contributed by atoms with van der Waals surface area (Å²) in [6.45, 7) is 4.99. The zero-order chi connectivity index (χ0) is 8.97. The standard InChI is InChI=1S/C9H18N2O/c1-3-4-5-8-6-10-7(2)9(12)11-8/h7-8,10H,3-6H2,1-2H3,(H,11,12)/t7-,8+/m1/s1. The monoisotopic (exact) mass is 170 g/mol. The fourth-order valence-electron chi connectivity index (χ4n) is 1.41. The molecule has 0 aliphatic carbocycles. The van der Waals surface area contributed by atoms with E-state index in [4.69, 9.17) is 0 Å². The number of amides is 1. The molecular weight excluding hydrogens is 152 g/mol. The Morgan fingerprint density at radius 2 is 2.33 bits per heavy atom. The molecule has 1 rings (SSSR count). The van der Waals surface area contributed by atoms with Gasteiger partial charge in [0.25, 0.3) is 0 Å². The van der Waals surface area contributed by atoms with Crippen molar-refractivity contribution in [1.82, 2.24) is 10.6 Å². The molecule has 2 atom stereocenters. The number of carbonyl (C=O) groups is 1. The molecule has 0 unspecified atom stereocenters. The van der Waals surface area contributed by atoms with E-state index in [-0.39, 0.29) is 11.9 Å². The molecule has 0 aromatic rings. The number of piperazine rings is 1. The SMILES string of the molecule is CCCC[C@H]1CN[C@H](C)C(=O)N1. The molecule has 12 heavy (non-hydrogen) atoms. The van der Waals surface area contributed by atoms with Crippen molar-refractivity contribution in [3.63, 3.8) is 0 Å². The van der Waals surface area contributed by atoms with Gasteiger partial charge in [0.05, 0.1) is 6.04 Å². The molecular formula is C9H18N2O. The molecule has 1 heterocycles. The van der Waals surface area contributed by atoms with Crippen molar-refractivity contribution in [2.45, 2.75) is 45.2 Å². The van der Waals surface area contributed by atoms with E-state index in [1.165, 1.54) is 12.8 Å². The minimum absolute atomic E-state index is 0.0112. The van der Waals surface area contributed by atoms with Gasteiger partial charge in [-0.1, -0.05) is 19.8 Å². The van der Waals surface area contributed by atoms with Gasteiger partial charge in [0, 0.05) is 12.6 Å². The number of rotatable bonds is 3. The molecule has 70 valence electrons. The fraction of sp³-hybridized carbons (Fsp3) is 0.889. The van der Waals surface area contributed by atoms with Crippen molar-refractivity contribution in [3.05, 3.63) is 0 Å². The molecule has 0 saturated carbocycles. The molecule has 1 aliphatic rings. The Kier molecular flexibility index (Phi) is 3.53.